The van der Waals surface area contributed by atoms with Gasteiger partial charge < -0.3 is 10.1 Å². The summed E-state index contributed by atoms with van der Waals surface area (Å²) in [5.41, 5.74) is 1.22. The average molecular weight is 468 g/mol. The van der Waals surface area contributed by atoms with Crippen LogP contribution in [0.3, 0.4) is 0 Å². The summed E-state index contributed by atoms with van der Waals surface area (Å²) in [4.78, 5) is 25.3. The van der Waals surface area contributed by atoms with Crippen molar-refractivity contribution in [3.8, 4) is 6.07 Å². The van der Waals surface area contributed by atoms with Gasteiger partial charge in [0.1, 0.15) is 11.1 Å². The quantitative estimate of drug-likeness (QED) is 0.511. The molecular formula is C19H18ClN3O5S2. The molecule has 1 amide bonds. The normalized spacial score (nSPS) is 13.6. The number of rotatable bonds is 5. The van der Waals surface area contributed by atoms with Gasteiger partial charge in [0.15, 0.2) is 6.61 Å². The van der Waals surface area contributed by atoms with E-state index in [9.17, 15) is 23.3 Å². The lowest BCUT2D eigenvalue weighted by molar-refractivity contribution is -0.119. The largest absolute Gasteiger partial charge is 0.452 e. The van der Waals surface area contributed by atoms with Gasteiger partial charge in [-0.3, -0.25) is 4.79 Å². The Bertz CT molecular complexity index is 1150. The molecule has 3 N–H and O–H groups in total. The van der Waals surface area contributed by atoms with E-state index in [-0.39, 0.29) is 15.5 Å². The highest BCUT2D eigenvalue weighted by Gasteiger charge is 2.22. The van der Waals surface area contributed by atoms with E-state index in [1.54, 1.807) is 0 Å². The minimum atomic E-state index is -4.03. The molecule has 1 heterocycles. The topological polar surface area (TPSA) is 139 Å². The third-order valence-electron chi connectivity index (χ3n) is 4.61. The van der Waals surface area contributed by atoms with Gasteiger partial charge in [-0.15, -0.1) is 11.3 Å². The number of nitrogens with zero attached hydrogens (tertiary/aromatic N) is 1. The van der Waals surface area contributed by atoms with Crippen LogP contribution >= 0.6 is 22.9 Å². The molecular weight excluding hydrogens is 450 g/mol. The number of sulfonamides is 1. The van der Waals surface area contributed by atoms with Crippen molar-refractivity contribution in [3.05, 3.63) is 44.8 Å². The molecule has 8 nitrogen and oxygen atoms in total. The number of anilines is 1. The molecule has 2 aromatic rings. The number of carbonyl (C=O) groups excluding carboxylic acids is 2. The Morgan fingerprint density at radius 2 is 2.00 bits per heavy atom. The second-order valence-electron chi connectivity index (χ2n) is 6.69. The number of carbonyl (C=O) groups is 2. The molecule has 11 heteroatoms. The molecule has 0 radical (unpaired) electrons. The highest BCUT2D eigenvalue weighted by molar-refractivity contribution is 7.89. The molecule has 0 atom stereocenters. The number of hydrogen-bond donors (Lipinski definition) is 2. The highest BCUT2D eigenvalue weighted by Crippen LogP contribution is 2.36. The maximum Gasteiger partial charge on any atom is 0.340 e. The van der Waals surface area contributed by atoms with Gasteiger partial charge in [0, 0.05) is 4.88 Å². The van der Waals surface area contributed by atoms with Gasteiger partial charge in [0.2, 0.25) is 10.0 Å². The fourth-order valence-corrected chi connectivity index (χ4v) is 5.15. The summed E-state index contributed by atoms with van der Waals surface area (Å²) in [5.74, 6) is -1.59. The van der Waals surface area contributed by atoms with Crippen LogP contribution in [-0.2, 0) is 32.4 Å². The minimum Gasteiger partial charge on any atom is -0.452 e. The molecule has 1 aromatic carbocycles. The zero-order chi connectivity index (χ0) is 21.9. The smallest absolute Gasteiger partial charge is 0.340 e. The van der Waals surface area contributed by atoms with E-state index < -0.39 is 28.5 Å². The van der Waals surface area contributed by atoms with Crippen LogP contribution in [0.2, 0.25) is 5.02 Å². The summed E-state index contributed by atoms with van der Waals surface area (Å²) in [5, 5.41) is 17.6. The molecule has 0 saturated heterocycles. The first-order chi connectivity index (χ1) is 14.2. The Hall–Kier alpha value is -2.45. The predicted molar refractivity (Wildman–Crippen MR) is 112 cm³/mol. The molecule has 3 rings (SSSR count). The predicted octanol–water partition coefficient (Wildman–Crippen LogP) is 2.98. The standard InChI is InChI=1S/C19H18ClN3O5S2/c20-15-7-6-11(30(22,26)27)8-13(15)19(25)28-10-17(24)23-18-14(9-21)12-4-2-1-3-5-16(12)29-18/h6-8H,1-5,10H2,(H,23,24)(H2,22,26,27). The molecule has 0 fully saturated rings. The number of nitrogens with one attached hydrogen (secondary N) is 1. The molecule has 1 aliphatic rings. The number of hydrogen-bond acceptors (Lipinski definition) is 7. The molecule has 0 unspecified atom stereocenters. The van der Waals surface area contributed by atoms with Crippen molar-refractivity contribution in [2.24, 2.45) is 5.14 Å². The number of esters is 1. The van der Waals surface area contributed by atoms with Crippen molar-refractivity contribution < 1.29 is 22.7 Å². The van der Waals surface area contributed by atoms with Gasteiger partial charge in [-0.05, 0) is 49.4 Å². The molecule has 0 saturated carbocycles. The Kier molecular flexibility index (Phi) is 6.77. The van der Waals surface area contributed by atoms with E-state index in [0.29, 0.717) is 10.6 Å². The molecule has 30 heavy (non-hydrogen) atoms. The van der Waals surface area contributed by atoms with E-state index >= 15 is 0 Å². The van der Waals surface area contributed by atoms with Crippen LogP contribution in [0.5, 0.6) is 0 Å². The fraction of sp³-hybridized carbons (Fsp3) is 0.316. The van der Waals surface area contributed by atoms with Crippen LogP contribution in [0, 0.1) is 11.3 Å². The molecule has 0 bridgehead atoms. The van der Waals surface area contributed by atoms with Crippen molar-refractivity contribution in [3.63, 3.8) is 0 Å². The van der Waals surface area contributed by atoms with Crippen LogP contribution in [0.4, 0.5) is 5.00 Å². The zero-order valence-corrected chi connectivity index (χ0v) is 18.1. The van der Waals surface area contributed by atoms with Crippen LogP contribution in [0.25, 0.3) is 0 Å². The second kappa shape index (κ2) is 9.14. The molecule has 158 valence electrons. The lowest BCUT2D eigenvalue weighted by Gasteiger charge is -2.08. The maximum absolute atomic E-state index is 12.3. The molecule has 0 aliphatic heterocycles. The van der Waals surface area contributed by atoms with Gasteiger partial charge in [-0.25, -0.2) is 18.4 Å². The van der Waals surface area contributed by atoms with Gasteiger partial charge in [0.05, 0.1) is 21.0 Å². The van der Waals surface area contributed by atoms with Gasteiger partial charge in [-0.2, -0.15) is 5.26 Å². The summed E-state index contributed by atoms with van der Waals surface area (Å²) in [6, 6.07) is 5.51. The number of aryl methyl sites for hydroxylation is 1. The monoisotopic (exact) mass is 467 g/mol. The van der Waals surface area contributed by atoms with E-state index in [2.05, 4.69) is 11.4 Å². The maximum atomic E-state index is 12.3. The van der Waals surface area contributed by atoms with Crippen molar-refractivity contribution in [2.75, 3.05) is 11.9 Å². The Morgan fingerprint density at radius 3 is 2.70 bits per heavy atom. The Balaban J connectivity index is 1.69. The zero-order valence-electron chi connectivity index (χ0n) is 15.7. The number of benzene rings is 1. The third-order valence-corrected chi connectivity index (χ3v) is 7.05. The number of ether oxygens (including phenoxy) is 1. The first kappa shape index (κ1) is 22.2. The number of amides is 1. The Morgan fingerprint density at radius 1 is 1.27 bits per heavy atom. The number of nitriles is 1. The summed E-state index contributed by atoms with van der Waals surface area (Å²) < 4.78 is 27.9. The molecule has 0 spiro atoms. The van der Waals surface area contributed by atoms with Crippen molar-refractivity contribution in [1.29, 1.82) is 5.26 Å². The highest BCUT2D eigenvalue weighted by atomic mass is 35.5. The van der Waals surface area contributed by atoms with Gasteiger partial charge in [0.25, 0.3) is 5.91 Å². The van der Waals surface area contributed by atoms with E-state index in [0.717, 1.165) is 54.7 Å². The van der Waals surface area contributed by atoms with Crippen LogP contribution < -0.4 is 10.5 Å². The van der Waals surface area contributed by atoms with E-state index in [1.165, 1.54) is 17.4 Å². The van der Waals surface area contributed by atoms with Crippen LogP contribution in [0.15, 0.2) is 23.1 Å². The lowest BCUT2D eigenvalue weighted by atomic mass is 10.1. The van der Waals surface area contributed by atoms with E-state index in [1.807, 2.05) is 0 Å². The molecule has 1 aliphatic carbocycles. The summed E-state index contributed by atoms with van der Waals surface area (Å²) in [6.45, 7) is -0.623. The van der Waals surface area contributed by atoms with Crippen molar-refractivity contribution in [1.82, 2.24) is 0 Å². The lowest BCUT2D eigenvalue weighted by Crippen LogP contribution is -2.21. The SMILES string of the molecule is N#Cc1c(NC(=O)COC(=O)c2cc(S(N)(=O)=O)ccc2Cl)sc2c1CCCCC2. The summed E-state index contributed by atoms with van der Waals surface area (Å²) >= 11 is 7.30. The van der Waals surface area contributed by atoms with Crippen molar-refractivity contribution in [2.45, 2.75) is 37.0 Å². The van der Waals surface area contributed by atoms with Crippen LogP contribution in [0.1, 0.15) is 45.6 Å². The second-order valence-corrected chi connectivity index (χ2v) is 9.77. The summed E-state index contributed by atoms with van der Waals surface area (Å²) in [7, 11) is -4.03. The van der Waals surface area contributed by atoms with Gasteiger partial charge in [-0.1, -0.05) is 18.0 Å². The number of halogens is 1. The first-order valence-corrected chi connectivity index (χ1v) is 11.8. The molecule has 1 aromatic heterocycles. The van der Waals surface area contributed by atoms with Gasteiger partial charge >= 0.3 is 5.97 Å². The minimum absolute atomic E-state index is 0.0402. The number of thiophene rings is 1. The number of primary sulfonamides is 1. The number of nitrogens with two attached hydrogens (primary N) is 1. The average Bonchev–Trinajstić information content (AvgIpc) is 2.84. The number of fused-ring (bicyclic) bond motifs is 1. The first-order valence-electron chi connectivity index (χ1n) is 9.04. The van der Waals surface area contributed by atoms with E-state index in [4.69, 9.17) is 21.5 Å². The third kappa shape index (κ3) is 4.99. The van der Waals surface area contributed by atoms with Crippen molar-refractivity contribution >= 4 is 49.8 Å². The fourth-order valence-electron chi connectivity index (χ4n) is 3.16. The van der Waals surface area contributed by atoms with Crippen LogP contribution in [-0.4, -0.2) is 26.9 Å². The summed E-state index contributed by atoms with van der Waals surface area (Å²) in [6.07, 6.45) is 4.83. The Labute approximate surface area is 182 Å².